The topological polar surface area (TPSA) is 91.8 Å². The van der Waals surface area contributed by atoms with Gasteiger partial charge in [0.25, 0.3) is 5.91 Å². The predicted molar refractivity (Wildman–Crippen MR) is 129 cm³/mol. The highest BCUT2D eigenvalue weighted by Crippen LogP contribution is 2.21. The first kappa shape index (κ1) is 24.2. The molecule has 0 fully saturated rings. The van der Waals surface area contributed by atoms with Gasteiger partial charge in [0, 0.05) is 28.8 Å². The molecule has 1 atom stereocenters. The van der Waals surface area contributed by atoms with Gasteiger partial charge in [-0.2, -0.15) is 0 Å². The number of carbonyl (C=O) groups is 2. The summed E-state index contributed by atoms with van der Waals surface area (Å²) >= 11 is 0. The molecule has 1 aromatic heterocycles. The van der Waals surface area contributed by atoms with E-state index in [9.17, 15) is 14.7 Å². The molecule has 3 aromatic rings. The molecule has 3 rings (SSSR count). The van der Waals surface area contributed by atoms with Crippen LogP contribution in [-0.2, 0) is 11.4 Å². The van der Waals surface area contributed by atoms with Crippen LogP contribution < -0.4 is 10.1 Å². The molecule has 7 nitrogen and oxygen atoms in total. The summed E-state index contributed by atoms with van der Waals surface area (Å²) in [6.07, 6.45) is 0. The van der Waals surface area contributed by atoms with Gasteiger partial charge in [-0.15, -0.1) is 0 Å². The first-order valence-electron chi connectivity index (χ1n) is 11.1. The quantitative estimate of drug-likeness (QED) is 0.485. The smallest absolute Gasteiger partial charge is 0.325 e. The number of aliphatic carboxylic acids is 1. The number of para-hydroxylation sites is 1. The third-order valence-electron chi connectivity index (χ3n) is 5.96. The number of nitrogens with zero attached hydrogens (tertiary/aromatic N) is 2. The first-order valence-corrected chi connectivity index (χ1v) is 11.1. The van der Waals surface area contributed by atoms with Crippen LogP contribution in [0.2, 0.25) is 0 Å². The second kappa shape index (κ2) is 10.4. The van der Waals surface area contributed by atoms with Crippen molar-refractivity contribution in [2.75, 3.05) is 19.6 Å². The molecule has 33 heavy (non-hydrogen) atoms. The lowest BCUT2D eigenvalue weighted by Crippen LogP contribution is -2.58. The zero-order chi connectivity index (χ0) is 24.0. The third-order valence-corrected chi connectivity index (χ3v) is 5.96. The van der Waals surface area contributed by atoms with E-state index in [0.29, 0.717) is 31.0 Å². The summed E-state index contributed by atoms with van der Waals surface area (Å²) in [4.78, 5) is 30.8. The van der Waals surface area contributed by atoms with E-state index in [2.05, 4.69) is 10.3 Å². The van der Waals surface area contributed by atoms with E-state index in [1.165, 1.54) is 0 Å². The number of nitrogens with one attached hydrogen (secondary N) is 1. The highest BCUT2D eigenvalue weighted by Gasteiger charge is 2.38. The van der Waals surface area contributed by atoms with E-state index in [1.54, 1.807) is 31.2 Å². The van der Waals surface area contributed by atoms with Crippen molar-refractivity contribution in [2.45, 2.75) is 39.8 Å². The molecule has 2 aromatic carbocycles. The normalized spacial score (nSPS) is 13.0. The number of carbonyl (C=O) groups excluding carboxylic acids is 1. The summed E-state index contributed by atoms with van der Waals surface area (Å²) in [6, 6.07) is 16.8. The lowest BCUT2D eigenvalue weighted by molar-refractivity contribution is -0.150. The molecule has 0 saturated heterocycles. The van der Waals surface area contributed by atoms with Crippen LogP contribution in [0.15, 0.2) is 54.6 Å². The molecule has 1 heterocycles. The van der Waals surface area contributed by atoms with Crippen LogP contribution in [0.25, 0.3) is 10.9 Å². The molecule has 0 bridgehead atoms. The van der Waals surface area contributed by atoms with Gasteiger partial charge in [0.2, 0.25) is 0 Å². The van der Waals surface area contributed by atoms with Crippen LogP contribution in [0.4, 0.5) is 0 Å². The van der Waals surface area contributed by atoms with Gasteiger partial charge in [0.1, 0.15) is 17.9 Å². The number of ether oxygens (including phenoxy) is 1. The standard InChI is InChI=1S/C26H31N3O4/c1-5-29(6-2)26(4,25(31)32)17-27-24(30)19-11-13-21(14-12-19)33-16-20-15-18(3)28-23-10-8-7-9-22(20)23/h7-15H,5-6,16-17H2,1-4H3,(H,27,30)(H,31,32)/t26-/m0/s1. The Morgan fingerprint density at radius 2 is 1.76 bits per heavy atom. The van der Waals surface area contributed by atoms with Crippen molar-refractivity contribution in [3.05, 3.63) is 71.4 Å². The van der Waals surface area contributed by atoms with Crippen LogP contribution in [-0.4, -0.2) is 52.0 Å². The summed E-state index contributed by atoms with van der Waals surface area (Å²) in [5, 5.41) is 13.5. The first-order chi connectivity index (χ1) is 15.8. The van der Waals surface area contributed by atoms with E-state index in [4.69, 9.17) is 4.74 Å². The fraction of sp³-hybridized carbons (Fsp3) is 0.346. The summed E-state index contributed by atoms with van der Waals surface area (Å²) in [5.74, 6) is -0.644. The summed E-state index contributed by atoms with van der Waals surface area (Å²) in [6.45, 7) is 8.94. The lowest BCUT2D eigenvalue weighted by Gasteiger charge is -2.36. The highest BCUT2D eigenvalue weighted by molar-refractivity contribution is 5.94. The van der Waals surface area contributed by atoms with E-state index < -0.39 is 11.5 Å². The van der Waals surface area contributed by atoms with Crippen LogP contribution >= 0.6 is 0 Å². The number of hydrogen-bond donors (Lipinski definition) is 2. The molecule has 0 saturated carbocycles. The molecule has 1 amide bonds. The Morgan fingerprint density at radius 1 is 1.09 bits per heavy atom. The highest BCUT2D eigenvalue weighted by atomic mass is 16.5. The van der Waals surface area contributed by atoms with Gasteiger partial charge in [-0.25, -0.2) is 0 Å². The van der Waals surface area contributed by atoms with Crippen molar-refractivity contribution in [1.29, 1.82) is 0 Å². The number of aryl methyl sites for hydroxylation is 1. The van der Waals surface area contributed by atoms with E-state index in [1.807, 2.05) is 56.0 Å². The molecule has 0 aliphatic carbocycles. The molecular formula is C26H31N3O4. The van der Waals surface area contributed by atoms with Crippen molar-refractivity contribution in [1.82, 2.24) is 15.2 Å². The molecule has 2 N–H and O–H groups in total. The molecule has 174 valence electrons. The molecule has 0 unspecified atom stereocenters. The number of pyridine rings is 1. The van der Waals surface area contributed by atoms with Crippen molar-refractivity contribution >= 4 is 22.8 Å². The number of hydrogen-bond acceptors (Lipinski definition) is 5. The minimum absolute atomic E-state index is 0.00949. The number of aromatic nitrogens is 1. The number of likely N-dealkylation sites (N-methyl/N-ethyl adjacent to an activating group) is 1. The van der Waals surface area contributed by atoms with Gasteiger partial charge in [0.05, 0.1) is 5.52 Å². The van der Waals surface area contributed by atoms with Gasteiger partial charge >= 0.3 is 5.97 Å². The van der Waals surface area contributed by atoms with Crippen LogP contribution in [0.5, 0.6) is 5.75 Å². The summed E-state index contributed by atoms with van der Waals surface area (Å²) in [5.41, 5.74) is 2.18. The number of fused-ring (bicyclic) bond motifs is 1. The molecule has 0 aliphatic heterocycles. The maximum atomic E-state index is 12.6. The number of rotatable bonds is 10. The maximum absolute atomic E-state index is 12.6. The average Bonchev–Trinajstić information content (AvgIpc) is 2.81. The number of carboxylic acid groups (broad SMARTS) is 1. The fourth-order valence-corrected chi connectivity index (χ4v) is 3.98. The zero-order valence-corrected chi connectivity index (χ0v) is 19.6. The van der Waals surface area contributed by atoms with Crippen molar-refractivity contribution < 1.29 is 19.4 Å². The van der Waals surface area contributed by atoms with Crippen LogP contribution in [0.3, 0.4) is 0 Å². The monoisotopic (exact) mass is 449 g/mol. The molecule has 0 radical (unpaired) electrons. The van der Waals surface area contributed by atoms with Gasteiger partial charge in [0.15, 0.2) is 0 Å². The number of benzene rings is 2. The minimum Gasteiger partial charge on any atom is -0.489 e. The van der Waals surface area contributed by atoms with E-state index >= 15 is 0 Å². The lowest BCUT2D eigenvalue weighted by atomic mass is 9.99. The Bertz CT molecular complexity index is 1130. The number of amides is 1. The van der Waals surface area contributed by atoms with Crippen LogP contribution in [0, 0.1) is 6.92 Å². The van der Waals surface area contributed by atoms with Crippen molar-refractivity contribution in [3.63, 3.8) is 0 Å². The van der Waals surface area contributed by atoms with Crippen molar-refractivity contribution in [2.24, 2.45) is 0 Å². The molecule has 7 heteroatoms. The predicted octanol–water partition coefficient (Wildman–Crippen LogP) is 4.04. The summed E-state index contributed by atoms with van der Waals surface area (Å²) < 4.78 is 5.95. The van der Waals surface area contributed by atoms with E-state index in [0.717, 1.165) is 22.2 Å². The third kappa shape index (κ3) is 5.49. The second-order valence-corrected chi connectivity index (χ2v) is 8.19. The van der Waals surface area contributed by atoms with E-state index in [-0.39, 0.29) is 12.5 Å². The average molecular weight is 450 g/mol. The van der Waals surface area contributed by atoms with Crippen molar-refractivity contribution in [3.8, 4) is 5.75 Å². The van der Waals surface area contributed by atoms with Gasteiger partial charge in [-0.05, 0) is 63.3 Å². The Labute approximate surface area is 194 Å². The molecule has 0 spiro atoms. The molecule has 0 aliphatic rings. The summed E-state index contributed by atoms with van der Waals surface area (Å²) in [7, 11) is 0. The SMILES string of the molecule is CCN(CC)[C@@](C)(CNC(=O)c1ccc(OCc2cc(C)nc3ccccc23)cc1)C(=O)O. The van der Waals surface area contributed by atoms with Crippen LogP contribution in [0.1, 0.15) is 42.4 Å². The minimum atomic E-state index is -1.17. The second-order valence-electron chi connectivity index (χ2n) is 8.19. The van der Waals surface area contributed by atoms with Gasteiger partial charge in [-0.1, -0.05) is 32.0 Å². The maximum Gasteiger partial charge on any atom is 0.325 e. The number of carboxylic acids is 1. The zero-order valence-electron chi connectivity index (χ0n) is 19.6. The fourth-order valence-electron chi connectivity index (χ4n) is 3.98. The Kier molecular flexibility index (Phi) is 7.66. The largest absolute Gasteiger partial charge is 0.489 e. The van der Waals surface area contributed by atoms with Gasteiger partial charge in [-0.3, -0.25) is 19.5 Å². The molecular weight excluding hydrogens is 418 g/mol. The Balaban J connectivity index is 1.64. The Morgan fingerprint density at radius 3 is 2.39 bits per heavy atom. The Hall–Kier alpha value is -3.45. The van der Waals surface area contributed by atoms with Gasteiger partial charge < -0.3 is 15.2 Å².